The number of carbonyl (C=O) groups is 1. The zero-order valence-electron chi connectivity index (χ0n) is 10.2. The number of rotatable bonds is 1. The number of fused-ring (bicyclic) bond motifs is 1. The van der Waals surface area contributed by atoms with Gasteiger partial charge in [0.15, 0.2) is 0 Å². The predicted octanol–water partition coefficient (Wildman–Crippen LogP) is 1.18. The summed E-state index contributed by atoms with van der Waals surface area (Å²) in [6, 6.07) is 9.91. The van der Waals surface area contributed by atoms with Gasteiger partial charge >= 0.3 is 0 Å². The van der Waals surface area contributed by atoms with Crippen molar-refractivity contribution in [3.63, 3.8) is 0 Å². The maximum absolute atomic E-state index is 12.0. The second-order valence-electron chi connectivity index (χ2n) is 4.51. The molecule has 1 aromatic rings. The van der Waals surface area contributed by atoms with E-state index < -0.39 is 0 Å². The first kappa shape index (κ1) is 11.0. The Bertz CT molecular complexity index is 545. The molecule has 18 heavy (non-hydrogen) atoms. The van der Waals surface area contributed by atoms with Crippen LogP contribution >= 0.6 is 0 Å². The largest absolute Gasteiger partial charge is 0.386 e. The summed E-state index contributed by atoms with van der Waals surface area (Å²) < 4.78 is 0. The fraction of sp³-hybridized carbons (Fsp3) is 0.286. The first-order valence-corrected chi connectivity index (χ1v) is 6.12. The van der Waals surface area contributed by atoms with Gasteiger partial charge in [0.2, 0.25) is 0 Å². The minimum atomic E-state index is -0.0805. The molecule has 0 spiro atoms. The molecule has 0 aromatic heterocycles. The Labute approximate surface area is 106 Å². The van der Waals surface area contributed by atoms with E-state index in [1.807, 2.05) is 37.3 Å². The summed E-state index contributed by atoms with van der Waals surface area (Å²) in [6.45, 7) is 3.44. The lowest BCUT2D eigenvalue weighted by atomic mass is 9.97. The molecule has 4 nitrogen and oxygen atoms in total. The van der Waals surface area contributed by atoms with Crippen LogP contribution in [0.4, 0.5) is 0 Å². The molecule has 2 aliphatic heterocycles. The van der Waals surface area contributed by atoms with Gasteiger partial charge in [-0.2, -0.15) is 0 Å². The highest BCUT2D eigenvalue weighted by Gasteiger charge is 2.36. The van der Waals surface area contributed by atoms with Gasteiger partial charge in [-0.1, -0.05) is 30.3 Å². The number of hydrogen-bond acceptors (Lipinski definition) is 3. The van der Waals surface area contributed by atoms with E-state index in [1.165, 1.54) is 0 Å². The number of benzene rings is 1. The zero-order valence-corrected chi connectivity index (χ0v) is 10.2. The Hall–Kier alpha value is -2.10. The molecular weight excluding hydrogens is 226 g/mol. The Balaban J connectivity index is 2.10. The SMILES string of the molecule is CC1=C2C(=NCCN1)C(=O)NC2c1ccccc1. The summed E-state index contributed by atoms with van der Waals surface area (Å²) in [5, 5.41) is 6.31. The highest BCUT2D eigenvalue weighted by Crippen LogP contribution is 2.30. The van der Waals surface area contributed by atoms with Gasteiger partial charge in [0.25, 0.3) is 5.91 Å². The molecule has 1 aromatic carbocycles. The number of nitrogens with one attached hydrogen (secondary N) is 2. The first-order valence-electron chi connectivity index (χ1n) is 6.12. The molecule has 1 amide bonds. The number of aliphatic imine (C=N–C) groups is 1. The van der Waals surface area contributed by atoms with E-state index in [-0.39, 0.29) is 11.9 Å². The Morgan fingerprint density at radius 3 is 2.83 bits per heavy atom. The lowest BCUT2D eigenvalue weighted by Crippen LogP contribution is -2.22. The van der Waals surface area contributed by atoms with E-state index in [2.05, 4.69) is 15.6 Å². The zero-order chi connectivity index (χ0) is 12.5. The molecule has 0 radical (unpaired) electrons. The average molecular weight is 241 g/mol. The van der Waals surface area contributed by atoms with Crippen molar-refractivity contribution in [3.8, 4) is 0 Å². The second kappa shape index (κ2) is 4.29. The lowest BCUT2D eigenvalue weighted by molar-refractivity contribution is -0.114. The number of hydrogen-bond donors (Lipinski definition) is 2. The van der Waals surface area contributed by atoms with E-state index in [0.717, 1.165) is 23.4 Å². The van der Waals surface area contributed by atoms with Gasteiger partial charge in [0.05, 0.1) is 12.6 Å². The van der Waals surface area contributed by atoms with Crippen LogP contribution in [0.3, 0.4) is 0 Å². The van der Waals surface area contributed by atoms with Crippen LogP contribution < -0.4 is 10.6 Å². The fourth-order valence-electron chi connectivity index (χ4n) is 2.48. The van der Waals surface area contributed by atoms with Crippen LogP contribution in [-0.2, 0) is 4.79 Å². The highest BCUT2D eigenvalue weighted by molar-refractivity contribution is 6.48. The summed E-state index contributed by atoms with van der Waals surface area (Å²) in [7, 11) is 0. The smallest absolute Gasteiger partial charge is 0.270 e. The third kappa shape index (κ3) is 1.70. The predicted molar refractivity (Wildman–Crippen MR) is 70.3 cm³/mol. The molecule has 1 saturated heterocycles. The summed E-state index contributed by atoms with van der Waals surface area (Å²) in [5.74, 6) is -0.0677. The summed E-state index contributed by atoms with van der Waals surface area (Å²) in [4.78, 5) is 16.4. The van der Waals surface area contributed by atoms with Crippen LogP contribution in [0.2, 0.25) is 0 Å². The lowest BCUT2D eigenvalue weighted by Gasteiger charge is -2.14. The molecule has 0 saturated carbocycles. The molecular formula is C14H15N3O. The third-order valence-electron chi connectivity index (χ3n) is 3.34. The molecule has 0 aliphatic carbocycles. The summed E-state index contributed by atoms with van der Waals surface area (Å²) >= 11 is 0. The van der Waals surface area contributed by atoms with E-state index in [9.17, 15) is 4.79 Å². The van der Waals surface area contributed by atoms with Gasteiger partial charge in [-0.25, -0.2) is 0 Å². The molecule has 2 N–H and O–H groups in total. The van der Waals surface area contributed by atoms with Gasteiger partial charge in [-0.15, -0.1) is 0 Å². The van der Waals surface area contributed by atoms with Crippen molar-refractivity contribution in [3.05, 3.63) is 47.2 Å². The van der Waals surface area contributed by atoms with Crippen LogP contribution in [0, 0.1) is 0 Å². The maximum Gasteiger partial charge on any atom is 0.270 e. The van der Waals surface area contributed by atoms with Crippen LogP contribution in [0.15, 0.2) is 46.6 Å². The number of carbonyl (C=O) groups excluding carboxylic acids is 1. The Morgan fingerprint density at radius 1 is 1.28 bits per heavy atom. The summed E-state index contributed by atoms with van der Waals surface area (Å²) in [6.07, 6.45) is 0. The topological polar surface area (TPSA) is 53.5 Å². The van der Waals surface area contributed by atoms with E-state index in [4.69, 9.17) is 0 Å². The van der Waals surface area contributed by atoms with Crippen molar-refractivity contribution in [2.45, 2.75) is 13.0 Å². The highest BCUT2D eigenvalue weighted by atomic mass is 16.2. The number of nitrogens with zero attached hydrogens (tertiary/aromatic N) is 1. The third-order valence-corrected chi connectivity index (χ3v) is 3.34. The molecule has 2 aliphatic rings. The second-order valence-corrected chi connectivity index (χ2v) is 4.51. The molecule has 4 heteroatoms. The van der Waals surface area contributed by atoms with E-state index in [1.54, 1.807) is 0 Å². The monoisotopic (exact) mass is 241 g/mol. The molecule has 1 atom stereocenters. The van der Waals surface area contributed by atoms with Crippen LogP contribution in [-0.4, -0.2) is 24.7 Å². The van der Waals surface area contributed by atoms with Gasteiger partial charge < -0.3 is 10.6 Å². The van der Waals surface area contributed by atoms with Crippen molar-refractivity contribution in [1.82, 2.24) is 10.6 Å². The van der Waals surface area contributed by atoms with Crippen molar-refractivity contribution in [1.29, 1.82) is 0 Å². The van der Waals surface area contributed by atoms with Crippen LogP contribution in [0.1, 0.15) is 18.5 Å². The average Bonchev–Trinajstić information content (AvgIpc) is 2.60. The fourth-order valence-corrected chi connectivity index (χ4v) is 2.48. The van der Waals surface area contributed by atoms with E-state index >= 15 is 0 Å². The van der Waals surface area contributed by atoms with Crippen LogP contribution in [0.25, 0.3) is 0 Å². The number of allylic oxidation sites excluding steroid dienone is 1. The normalized spacial score (nSPS) is 22.8. The molecule has 2 heterocycles. The van der Waals surface area contributed by atoms with E-state index in [0.29, 0.717) is 12.3 Å². The minimum Gasteiger partial charge on any atom is -0.386 e. The van der Waals surface area contributed by atoms with Gasteiger partial charge in [0, 0.05) is 17.8 Å². The molecule has 1 fully saturated rings. The molecule has 92 valence electrons. The maximum atomic E-state index is 12.0. The van der Waals surface area contributed by atoms with Crippen molar-refractivity contribution in [2.24, 2.45) is 4.99 Å². The Morgan fingerprint density at radius 2 is 2.06 bits per heavy atom. The number of amides is 1. The minimum absolute atomic E-state index is 0.0677. The summed E-state index contributed by atoms with van der Waals surface area (Å²) in [5.41, 5.74) is 3.71. The Kier molecular flexibility index (Phi) is 2.63. The standard InChI is InChI=1S/C14H15N3O/c1-9-11-12(10-5-3-2-4-6-10)17-14(18)13(11)16-8-7-15-9/h2-6,12,15H,7-8H2,1H3,(H,17,18). The first-order chi connectivity index (χ1) is 8.77. The van der Waals surface area contributed by atoms with Crippen molar-refractivity contribution in [2.75, 3.05) is 13.1 Å². The van der Waals surface area contributed by atoms with Gasteiger partial charge in [-0.3, -0.25) is 9.79 Å². The van der Waals surface area contributed by atoms with Gasteiger partial charge in [-0.05, 0) is 12.5 Å². The molecule has 0 bridgehead atoms. The van der Waals surface area contributed by atoms with Crippen LogP contribution in [0.5, 0.6) is 0 Å². The quantitative estimate of drug-likeness (QED) is 0.775. The van der Waals surface area contributed by atoms with Crippen molar-refractivity contribution < 1.29 is 4.79 Å². The molecule has 1 unspecified atom stereocenters. The molecule has 3 rings (SSSR count). The van der Waals surface area contributed by atoms with Gasteiger partial charge in [0.1, 0.15) is 5.71 Å². The van der Waals surface area contributed by atoms with Crippen molar-refractivity contribution >= 4 is 11.6 Å².